The summed E-state index contributed by atoms with van der Waals surface area (Å²) in [4.78, 5) is 13.5. The molecule has 1 amide bonds. The summed E-state index contributed by atoms with van der Waals surface area (Å²) in [6.07, 6.45) is 0. The monoisotopic (exact) mass is 387 g/mol. The minimum atomic E-state index is -0.290. The summed E-state index contributed by atoms with van der Waals surface area (Å²) >= 11 is 5.87. The number of methoxy groups -OCH3 is 1. The molecule has 8 nitrogen and oxygen atoms in total. The molecule has 0 saturated heterocycles. The van der Waals surface area contributed by atoms with Crippen LogP contribution in [-0.4, -0.2) is 39.8 Å². The highest BCUT2D eigenvalue weighted by Gasteiger charge is 2.11. The highest BCUT2D eigenvalue weighted by Crippen LogP contribution is 2.30. The summed E-state index contributed by atoms with van der Waals surface area (Å²) < 4.78 is 10.7. The number of rotatable bonds is 7. The lowest BCUT2D eigenvalue weighted by atomic mass is 10.2. The molecule has 0 radical (unpaired) electrons. The Kier molecular flexibility index (Phi) is 5.87. The van der Waals surface area contributed by atoms with E-state index in [-0.39, 0.29) is 12.5 Å². The van der Waals surface area contributed by atoms with Gasteiger partial charge in [-0.1, -0.05) is 11.6 Å². The maximum absolute atomic E-state index is 12.3. The molecule has 0 saturated carbocycles. The predicted molar refractivity (Wildman–Crippen MR) is 101 cm³/mol. The number of hydrogen-bond acceptors (Lipinski definition) is 6. The number of halogens is 1. The van der Waals surface area contributed by atoms with Gasteiger partial charge < -0.3 is 14.8 Å². The Hall–Kier alpha value is -3.13. The van der Waals surface area contributed by atoms with Gasteiger partial charge in [0.2, 0.25) is 11.7 Å². The summed E-state index contributed by atoms with van der Waals surface area (Å²) in [7, 11) is 1.54. The third kappa shape index (κ3) is 4.73. The van der Waals surface area contributed by atoms with Crippen LogP contribution in [0.25, 0.3) is 11.4 Å². The van der Waals surface area contributed by atoms with E-state index in [0.29, 0.717) is 34.6 Å². The van der Waals surface area contributed by atoms with Crippen molar-refractivity contribution >= 4 is 23.2 Å². The van der Waals surface area contributed by atoms with E-state index >= 15 is 0 Å². The maximum Gasteiger partial charge on any atom is 0.248 e. The number of anilines is 1. The highest BCUT2D eigenvalue weighted by atomic mass is 35.5. The van der Waals surface area contributed by atoms with Gasteiger partial charge in [0.1, 0.15) is 6.54 Å². The van der Waals surface area contributed by atoms with E-state index in [0.717, 1.165) is 5.56 Å². The first kappa shape index (κ1) is 18.7. The van der Waals surface area contributed by atoms with Gasteiger partial charge in [-0.25, -0.2) is 0 Å². The van der Waals surface area contributed by atoms with Crippen molar-refractivity contribution in [1.82, 2.24) is 20.2 Å². The van der Waals surface area contributed by atoms with E-state index in [1.807, 2.05) is 6.92 Å². The number of hydrogen-bond donors (Lipinski definition) is 1. The smallest absolute Gasteiger partial charge is 0.248 e. The lowest BCUT2D eigenvalue weighted by Crippen LogP contribution is -2.20. The molecule has 140 valence electrons. The Morgan fingerprint density at radius 2 is 1.96 bits per heavy atom. The molecule has 1 N–H and O–H groups in total. The van der Waals surface area contributed by atoms with E-state index in [1.165, 1.54) is 4.80 Å². The van der Waals surface area contributed by atoms with Crippen molar-refractivity contribution in [2.24, 2.45) is 0 Å². The topological polar surface area (TPSA) is 91.2 Å². The molecule has 27 heavy (non-hydrogen) atoms. The molecular weight excluding hydrogens is 370 g/mol. The number of nitrogens with one attached hydrogen (secondary N) is 1. The normalized spacial score (nSPS) is 10.5. The van der Waals surface area contributed by atoms with Crippen LogP contribution < -0.4 is 14.8 Å². The second kappa shape index (κ2) is 8.50. The number of aromatic nitrogens is 4. The van der Waals surface area contributed by atoms with Gasteiger partial charge >= 0.3 is 0 Å². The van der Waals surface area contributed by atoms with Crippen molar-refractivity contribution in [1.29, 1.82) is 0 Å². The van der Waals surface area contributed by atoms with Gasteiger partial charge in [0.25, 0.3) is 0 Å². The summed E-state index contributed by atoms with van der Waals surface area (Å²) in [6.45, 7) is 2.34. The van der Waals surface area contributed by atoms with Crippen LogP contribution in [0.15, 0.2) is 42.5 Å². The van der Waals surface area contributed by atoms with Crippen LogP contribution >= 0.6 is 11.6 Å². The van der Waals surface area contributed by atoms with Crippen LogP contribution in [-0.2, 0) is 11.3 Å². The number of amides is 1. The first-order valence-corrected chi connectivity index (χ1v) is 8.61. The molecule has 0 bridgehead atoms. The molecule has 0 atom stereocenters. The van der Waals surface area contributed by atoms with E-state index in [4.69, 9.17) is 21.1 Å². The molecule has 2 aromatic carbocycles. The Balaban J connectivity index is 1.65. The van der Waals surface area contributed by atoms with Gasteiger partial charge in [0.05, 0.1) is 13.7 Å². The first-order valence-electron chi connectivity index (χ1n) is 8.23. The fourth-order valence-corrected chi connectivity index (χ4v) is 2.50. The molecule has 1 aromatic heterocycles. The number of carbonyl (C=O) groups excluding carboxylic acids is 1. The van der Waals surface area contributed by atoms with Gasteiger partial charge in [-0.2, -0.15) is 4.80 Å². The molecule has 0 unspecified atom stereocenters. The summed E-state index contributed by atoms with van der Waals surface area (Å²) in [5.41, 5.74) is 1.35. The van der Waals surface area contributed by atoms with Gasteiger partial charge in [0, 0.05) is 22.3 Å². The minimum absolute atomic E-state index is 0.0733. The summed E-state index contributed by atoms with van der Waals surface area (Å²) in [5, 5.41) is 15.5. The summed E-state index contributed by atoms with van der Waals surface area (Å²) in [5.74, 6) is 1.28. The van der Waals surface area contributed by atoms with Gasteiger partial charge in [-0.05, 0) is 48.5 Å². The van der Waals surface area contributed by atoms with Crippen molar-refractivity contribution in [2.45, 2.75) is 13.5 Å². The molecule has 0 aliphatic carbocycles. The zero-order valence-electron chi connectivity index (χ0n) is 14.8. The second-order valence-electron chi connectivity index (χ2n) is 5.50. The fourth-order valence-electron chi connectivity index (χ4n) is 2.37. The molecule has 0 fully saturated rings. The first-order chi connectivity index (χ1) is 13.1. The van der Waals surface area contributed by atoms with Crippen LogP contribution in [0.1, 0.15) is 6.92 Å². The molecule has 0 spiro atoms. The zero-order chi connectivity index (χ0) is 19.2. The predicted octanol–water partition coefficient (Wildman–Crippen LogP) is 3.04. The lowest BCUT2D eigenvalue weighted by molar-refractivity contribution is -0.117. The van der Waals surface area contributed by atoms with Crippen molar-refractivity contribution in [3.8, 4) is 22.9 Å². The quantitative estimate of drug-likeness (QED) is 0.670. The molecule has 0 aliphatic rings. The Morgan fingerprint density at radius 3 is 2.67 bits per heavy atom. The molecule has 0 aliphatic heterocycles. The van der Waals surface area contributed by atoms with E-state index in [2.05, 4.69) is 20.7 Å². The van der Waals surface area contributed by atoms with Crippen LogP contribution in [0.4, 0.5) is 5.69 Å². The molecule has 3 aromatic rings. The van der Waals surface area contributed by atoms with E-state index in [9.17, 15) is 4.79 Å². The van der Waals surface area contributed by atoms with E-state index < -0.39 is 0 Å². The number of carbonyl (C=O) groups is 1. The average Bonchev–Trinajstić information content (AvgIpc) is 3.12. The van der Waals surface area contributed by atoms with Gasteiger partial charge in [-0.15, -0.1) is 10.2 Å². The molecule has 3 rings (SSSR count). The zero-order valence-corrected chi connectivity index (χ0v) is 15.6. The van der Waals surface area contributed by atoms with Crippen molar-refractivity contribution in [2.75, 3.05) is 19.0 Å². The standard InChI is InChI=1S/C18H18ClN5O3/c1-3-27-15-9-8-14(10-16(15)26-2)20-17(25)11-24-22-18(21-23-24)12-4-6-13(19)7-5-12/h4-10H,3,11H2,1-2H3,(H,20,25). The third-order valence-electron chi connectivity index (χ3n) is 3.59. The van der Waals surface area contributed by atoms with Gasteiger partial charge in [-0.3, -0.25) is 4.79 Å². The molecular formula is C18H18ClN5O3. The lowest BCUT2D eigenvalue weighted by Gasteiger charge is -2.11. The van der Waals surface area contributed by atoms with Crippen LogP contribution in [0.3, 0.4) is 0 Å². The second-order valence-corrected chi connectivity index (χ2v) is 5.93. The number of benzene rings is 2. The molecule has 1 heterocycles. The minimum Gasteiger partial charge on any atom is -0.493 e. The van der Waals surface area contributed by atoms with Crippen molar-refractivity contribution in [3.05, 3.63) is 47.5 Å². The largest absolute Gasteiger partial charge is 0.493 e. The summed E-state index contributed by atoms with van der Waals surface area (Å²) in [6, 6.07) is 12.2. The van der Waals surface area contributed by atoms with Crippen LogP contribution in [0, 0.1) is 0 Å². The average molecular weight is 388 g/mol. The number of ether oxygens (including phenoxy) is 2. The van der Waals surface area contributed by atoms with Gasteiger partial charge in [0.15, 0.2) is 11.5 Å². The highest BCUT2D eigenvalue weighted by molar-refractivity contribution is 6.30. The molecule has 9 heteroatoms. The maximum atomic E-state index is 12.3. The fraction of sp³-hybridized carbons (Fsp3) is 0.222. The number of tetrazole rings is 1. The van der Waals surface area contributed by atoms with E-state index in [1.54, 1.807) is 49.6 Å². The van der Waals surface area contributed by atoms with Crippen LogP contribution in [0.2, 0.25) is 5.02 Å². The Bertz CT molecular complexity index is 927. The van der Waals surface area contributed by atoms with Crippen molar-refractivity contribution < 1.29 is 14.3 Å². The SMILES string of the molecule is CCOc1ccc(NC(=O)Cn2nnc(-c3ccc(Cl)cc3)n2)cc1OC. The van der Waals surface area contributed by atoms with Crippen molar-refractivity contribution in [3.63, 3.8) is 0 Å². The number of nitrogens with zero attached hydrogens (tertiary/aromatic N) is 4. The van der Waals surface area contributed by atoms with Crippen LogP contribution in [0.5, 0.6) is 11.5 Å². The Morgan fingerprint density at radius 1 is 1.19 bits per heavy atom. The third-order valence-corrected chi connectivity index (χ3v) is 3.84. The Labute approximate surface area is 161 Å².